The average molecular weight is 410 g/mol. The number of nitrogens with zero attached hydrogens (tertiary/aromatic N) is 4. The minimum atomic E-state index is -0.745. The van der Waals surface area contributed by atoms with Crippen LogP contribution in [0.4, 0.5) is 4.39 Å². The van der Waals surface area contributed by atoms with Crippen LogP contribution in [0.15, 0.2) is 54.9 Å². The van der Waals surface area contributed by atoms with Gasteiger partial charge in [0.25, 0.3) is 0 Å². The maximum Gasteiger partial charge on any atom is 0.230 e. The Balaban J connectivity index is 1.31. The molecule has 2 fully saturated rings. The molecule has 0 aliphatic carbocycles. The molecule has 2 aromatic rings. The van der Waals surface area contributed by atoms with E-state index < -0.39 is 17.4 Å². The van der Waals surface area contributed by atoms with Gasteiger partial charge in [-0.2, -0.15) is 5.10 Å². The monoisotopic (exact) mass is 410 g/mol. The maximum absolute atomic E-state index is 13.3. The van der Waals surface area contributed by atoms with E-state index in [1.54, 1.807) is 39.9 Å². The van der Waals surface area contributed by atoms with Crippen LogP contribution in [0.1, 0.15) is 5.56 Å². The van der Waals surface area contributed by atoms with E-state index in [1.807, 2.05) is 24.4 Å². The zero-order valence-corrected chi connectivity index (χ0v) is 16.6. The first-order chi connectivity index (χ1) is 14.5. The molecule has 2 bridgehead atoms. The summed E-state index contributed by atoms with van der Waals surface area (Å²) in [5.74, 6) is -1.52. The zero-order chi connectivity index (χ0) is 20.9. The maximum atomic E-state index is 13.3. The van der Waals surface area contributed by atoms with Gasteiger partial charge in [-0.15, -0.1) is 0 Å². The van der Waals surface area contributed by atoms with Crippen molar-refractivity contribution in [1.82, 2.24) is 19.6 Å². The Labute approximate surface area is 173 Å². The molecule has 0 saturated carbocycles. The molecular formula is C22H23FN4O3. The fourth-order valence-corrected chi connectivity index (χ4v) is 4.85. The lowest BCUT2D eigenvalue weighted by molar-refractivity contribution is -0.142. The predicted molar refractivity (Wildman–Crippen MR) is 105 cm³/mol. The third kappa shape index (κ3) is 3.02. The number of benzene rings is 1. The molecular weight excluding hydrogens is 387 g/mol. The summed E-state index contributed by atoms with van der Waals surface area (Å²) in [6.45, 7) is 1.86. The number of carbonyl (C=O) groups excluding carboxylic acids is 2. The van der Waals surface area contributed by atoms with Gasteiger partial charge in [0.2, 0.25) is 11.8 Å². The van der Waals surface area contributed by atoms with E-state index >= 15 is 0 Å². The van der Waals surface area contributed by atoms with E-state index in [-0.39, 0.29) is 23.7 Å². The Morgan fingerprint density at radius 2 is 2.17 bits per heavy atom. The van der Waals surface area contributed by atoms with Crippen molar-refractivity contribution < 1.29 is 18.7 Å². The topological polar surface area (TPSA) is 67.7 Å². The van der Waals surface area contributed by atoms with Crippen molar-refractivity contribution in [2.45, 2.75) is 24.8 Å². The number of fused-ring (bicyclic) bond motifs is 1. The third-order valence-corrected chi connectivity index (χ3v) is 6.35. The van der Waals surface area contributed by atoms with E-state index in [2.05, 4.69) is 5.10 Å². The molecule has 4 heterocycles. The summed E-state index contributed by atoms with van der Waals surface area (Å²) >= 11 is 0. The molecule has 1 aromatic carbocycles. The highest BCUT2D eigenvalue weighted by atomic mass is 19.1. The SMILES string of the molecule is CN(CCn1cccn1)C(=O)[C@H]1[C@@H]2C=C[C@@]3(CN(Cc4ccc(F)cc4)C(=O)[C@H]13)O2. The Bertz CT molecular complexity index is 990. The Hall–Kier alpha value is -3.00. The van der Waals surface area contributed by atoms with Crippen LogP contribution in [0.5, 0.6) is 0 Å². The fraction of sp³-hybridized carbons (Fsp3) is 0.409. The molecule has 1 spiro atoms. The van der Waals surface area contributed by atoms with E-state index in [0.29, 0.717) is 26.2 Å². The molecule has 1 aromatic heterocycles. The highest BCUT2D eigenvalue weighted by Crippen LogP contribution is 2.52. The van der Waals surface area contributed by atoms with Gasteiger partial charge in [0.05, 0.1) is 31.0 Å². The van der Waals surface area contributed by atoms with Gasteiger partial charge in [-0.1, -0.05) is 24.3 Å². The number of carbonyl (C=O) groups is 2. The van der Waals surface area contributed by atoms with Gasteiger partial charge in [0.1, 0.15) is 11.4 Å². The molecule has 30 heavy (non-hydrogen) atoms. The lowest BCUT2D eigenvalue weighted by Crippen LogP contribution is -2.45. The summed E-state index contributed by atoms with van der Waals surface area (Å²) in [5, 5.41) is 4.16. The highest BCUT2D eigenvalue weighted by molar-refractivity contribution is 5.93. The standard InChI is InChI=1S/C22H23FN4O3/c1-25(11-12-27-10-2-9-24-27)20(28)18-17-7-8-22(30-17)14-26(21(29)19(18)22)13-15-3-5-16(23)6-4-15/h2-10,17-19H,11-14H2,1H3/t17-,18-,19-,22-/m0/s1. The van der Waals surface area contributed by atoms with Gasteiger partial charge in [0, 0.05) is 32.5 Å². The molecule has 5 rings (SSSR count). The summed E-state index contributed by atoms with van der Waals surface area (Å²) in [7, 11) is 1.75. The molecule has 0 N–H and O–H groups in total. The number of hydrogen-bond acceptors (Lipinski definition) is 4. The number of hydrogen-bond donors (Lipinski definition) is 0. The van der Waals surface area contributed by atoms with Gasteiger partial charge >= 0.3 is 0 Å². The van der Waals surface area contributed by atoms with Crippen molar-refractivity contribution in [3.05, 3.63) is 66.3 Å². The second-order valence-electron chi connectivity index (χ2n) is 8.25. The number of halogens is 1. The average Bonchev–Trinajstić information content (AvgIpc) is 3.50. The van der Waals surface area contributed by atoms with Gasteiger partial charge in [-0.3, -0.25) is 14.3 Å². The number of amides is 2. The summed E-state index contributed by atoms with van der Waals surface area (Å²) in [6.07, 6.45) is 7.04. The minimum absolute atomic E-state index is 0.0787. The fourth-order valence-electron chi connectivity index (χ4n) is 4.85. The normalized spacial score (nSPS) is 28.9. The summed E-state index contributed by atoms with van der Waals surface area (Å²) in [6, 6.07) is 7.96. The van der Waals surface area contributed by atoms with Crippen molar-refractivity contribution in [2.75, 3.05) is 20.1 Å². The van der Waals surface area contributed by atoms with Crippen molar-refractivity contribution in [1.29, 1.82) is 0 Å². The van der Waals surface area contributed by atoms with Crippen molar-refractivity contribution in [3.8, 4) is 0 Å². The molecule has 0 unspecified atom stereocenters. The van der Waals surface area contributed by atoms with Crippen molar-refractivity contribution in [2.24, 2.45) is 11.8 Å². The van der Waals surface area contributed by atoms with E-state index in [0.717, 1.165) is 5.56 Å². The van der Waals surface area contributed by atoms with Crippen LogP contribution in [0.3, 0.4) is 0 Å². The van der Waals surface area contributed by atoms with Crippen LogP contribution >= 0.6 is 0 Å². The molecule has 2 saturated heterocycles. The minimum Gasteiger partial charge on any atom is -0.360 e. The van der Waals surface area contributed by atoms with Crippen LogP contribution in [0, 0.1) is 17.7 Å². The first-order valence-electron chi connectivity index (χ1n) is 10.1. The van der Waals surface area contributed by atoms with Gasteiger partial charge < -0.3 is 14.5 Å². The smallest absolute Gasteiger partial charge is 0.230 e. The van der Waals surface area contributed by atoms with Crippen LogP contribution in [-0.4, -0.2) is 63.2 Å². The molecule has 3 aliphatic rings. The number of likely N-dealkylation sites (N-methyl/N-ethyl adjacent to an activating group) is 1. The lowest BCUT2D eigenvalue weighted by atomic mass is 9.76. The second kappa shape index (κ2) is 7.05. The summed E-state index contributed by atoms with van der Waals surface area (Å²) < 4.78 is 21.1. The van der Waals surface area contributed by atoms with Crippen LogP contribution < -0.4 is 0 Å². The first kappa shape index (κ1) is 19.0. The third-order valence-electron chi connectivity index (χ3n) is 6.35. The molecule has 156 valence electrons. The Morgan fingerprint density at radius 1 is 1.37 bits per heavy atom. The van der Waals surface area contributed by atoms with Gasteiger partial charge in [-0.25, -0.2) is 4.39 Å². The zero-order valence-electron chi connectivity index (χ0n) is 16.6. The summed E-state index contributed by atoms with van der Waals surface area (Å²) in [4.78, 5) is 29.9. The van der Waals surface area contributed by atoms with E-state index in [1.165, 1.54) is 12.1 Å². The second-order valence-corrected chi connectivity index (χ2v) is 8.25. The number of likely N-dealkylation sites (tertiary alicyclic amines) is 1. The Kier molecular flexibility index (Phi) is 4.47. The number of aromatic nitrogens is 2. The molecule has 4 atom stereocenters. The van der Waals surface area contributed by atoms with Crippen molar-refractivity contribution >= 4 is 11.8 Å². The van der Waals surface area contributed by atoms with Crippen LogP contribution in [0.25, 0.3) is 0 Å². The van der Waals surface area contributed by atoms with Crippen molar-refractivity contribution in [3.63, 3.8) is 0 Å². The van der Waals surface area contributed by atoms with E-state index in [9.17, 15) is 14.0 Å². The van der Waals surface area contributed by atoms with Crippen LogP contribution in [-0.2, 0) is 27.4 Å². The van der Waals surface area contributed by atoms with E-state index in [4.69, 9.17) is 4.74 Å². The molecule has 2 amide bonds. The molecule has 3 aliphatic heterocycles. The molecule has 8 heteroatoms. The highest BCUT2D eigenvalue weighted by Gasteiger charge is 2.67. The van der Waals surface area contributed by atoms with Gasteiger partial charge in [0.15, 0.2) is 0 Å². The van der Waals surface area contributed by atoms with Gasteiger partial charge in [-0.05, 0) is 23.8 Å². The predicted octanol–water partition coefficient (Wildman–Crippen LogP) is 1.46. The largest absolute Gasteiger partial charge is 0.360 e. The van der Waals surface area contributed by atoms with Crippen LogP contribution in [0.2, 0.25) is 0 Å². The molecule has 7 nitrogen and oxygen atoms in total. The number of ether oxygens (including phenoxy) is 1. The lowest BCUT2D eigenvalue weighted by Gasteiger charge is -2.27. The first-order valence-corrected chi connectivity index (χ1v) is 10.1. The molecule has 0 radical (unpaired) electrons. The number of rotatable bonds is 6. The quantitative estimate of drug-likeness (QED) is 0.677. The summed E-state index contributed by atoms with van der Waals surface area (Å²) in [5.41, 5.74) is 0.101. The Morgan fingerprint density at radius 3 is 2.90 bits per heavy atom.